The molecule has 3 nitrogen and oxygen atoms in total. The van der Waals surface area contributed by atoms with E-state index in [4.69, 9.17) is 0 Å². The van der Waals surface area contributed by atoms with Crippen molar-refractivity contribution in [2.75, 3.05) is 17.3 Å². The summed E-state index contributed by atoms with van der Waals surface area (Å²) in [5.74, 6) is 0.176. The monoisotopic (exact) mass is 230 g/mol. The highest BCUT2D eigenvalue weighted by atomic mass is 16.2. The Balaban J connectivity index is 2.10. The molecule has 0 atom stereocenters. The van der Waals surface area contributed by atoms with Crippen molar-refractivity contribution in [3.63, 3.8) is 0 Å². The summed E-state index contributed by atoms with van der Waals surface area (Å²) >= 11 is 0. The highest BCUT2D eigenvalue weighted by Gasteiger charge is 2.47. The zero-order valence-corrected chi connectivity index (χ0v) is 10.4. The van der Waals surface area contributed by atoms with Gasteiger partial charge in [-0.05, 0) is 37.5 Å². The molecule has 0 radical (unpaired) electrons. The van der Waals surface area contributed by atoms with Crippen LogP contribution in [0.3, 0.4) is 0 Å². The molecule has 1 aliphatic heterocycles. The van der Waals surface area contributed by atoms with Crippen LogP contribution in [0.25, 0.3) is 0 Å². The van der Waals surface area contributed by atoms with Crippen LogP contribution in [0.2, 0.25) is 0 Å². The maximum Gasteiger partial charge on any atom is 0.250 e. The molecule has 0 saturated heterocycles. The number of benzene rings is 1. The number of amides is 1. The number of fused-ring (bicyclic) bond motifs is 1. The fraction of sp³-hybridized carbons (Fsp3) is 0.500. The van der Waals surface area contributed by atoms with Crippen LogP contribution in [0.4, 0.5) is 11.4 Å². The lowest BCUT2D eigenvalue weighted by molar-refractivity contribution is -0.121. The number of nitrogens with zero attached hydrogens (tertiary/aromatic N) is 1. The minimum absolute atomic E-state index is 0.176. The standard InChI is InChI=1S/C14H18N2O/c1-10-5-6-12-11(9-10)15-13(17)14(16(12)2)7-3-4-8-14/h5-6,9H,3-4,7-8H2,1-2H3,(H,15,17). The molecule has 0 bridgehead atoms. The molecule has 1 spiro atoms. The van der Waals surface area contributed by atoms with Crippen LogP contribution in [0.5, 0.6) is 0 Å². The summed E-state index contributed by atoms with van der Waals surface area (Å²) in [6.45, 7) is 2.05. The molecule has 1 aromatic carbocycles. The van der Waals surface area contributed by atoms with Crippen molar-refractivity contribution in [3.05, 3.63) is 23.8 Å². The first kappa shape index (κ1) is 10.6. The van der Waals surface area contributed by atoms with E-state index in [-0.39, 0.29) is 11.4 Å². The molecular formula is C14H18N2O. The van der Waals surface area contributed by atoms with Gasteiger partial charge in [0.05, 0.1) is 11.4 Å². The van der Waals surface area contributed by atoms with E-state index in [1.165, 1.54) is 5.56 Å². The van der Waals surface area contributed by atoms with Gasteiger partial charge in [-0.25, -0.2) is 0 Å². The first-order valence-corrected chi connectivity index (χ1v) is 6.29. The first-order valence-electron chi connectivity index (χ1n) is 6.29. The third kappa shape index (κ3) is 1.38. The van der Waals surface area contributed by atoms with Crippen LogP contribution in [0.15, 0.2) is 18.2 Å². The van der Waals surface area contributed by atoms with Gasteiger partial charge in [0.2, 0.25) is 5.91 Å². The summed E-state index contributed by atoms with van der Waals surface area (Å²) in [5, 5.41) is 3.08. The molecule has 1 fully saturated rings. The summed E-state index contributed by atoms with van der Waals surface area (Å²) in [6, 6.07) is 6.27. The molecule has 1 saturated carbocycles. The van der Waals surface area contributed by atoms with Crippen molar-refractivity contribution in [1.82, 2.24) is 0 Å². The number of nitrogens with one attached hydrogen (secondary N) is 1. The number of hydrogen-bond acceptors (Lipinski definition) is 2. The Morgan fingerprint density at radius 2 is 2.00 bits per heavy atom. The molecule has 0 unspecified atom stereocenters. The smallest absolute Gasteiger partial charge is 0.250 e. The van der Waals surface area contributed by atoms with Gasteiger partial charge in [0, 0.05) is 7.05 Å². The number of likely N-dealkylation sites (N-methyl/N-ethyl adjacent to an activating group) is 1. The Kier molecular flexibility index (Phi) is 2.18. The Labute approximate surface area is 102 Å². The molecule has 1 aliphatic carbocycles. The predicted molar refractivity (Wildman–Crippen MR) is 69.4 cm³/mol. The Morgan fingerprint density at radius 3 is 2.71 bits per heavy atom. The van der Waals surface area contributed by atoms with Gasteiger partial charge in [-0.15, -0.1) is 0 Å². The van der Waals surface area contributed by atoms with Crippen molar-refractivity contribution in [1.29, 1.82) is 0 Å². The van der Waals surface area contributed by atoms with E-state index in [1.54, 1.807) is 0 Å². The van der Waals surface area contributed by atoms with Crippen molar-refractivity contribution in [2.24, 2.45) is 0 Å². The maximum absolute atomic E-state index is 12.4. The zero-order valence-electron chi connectivity index (χ0n) is 10.4. The van der Waals surface area contributed by atoms with Gasteiger partial charge >= 0.3 is 0 Å². The van der Waals surface area contributed by atoms with Crippen molar-refractivity contribution >= 4 is 17.3 Å². The van der Waals surface area contributed by atoms with E-state index in [0.717, 1.165) is 37.1 Å². The van der Waals surface area contributed by atoms with E-state index in [1.807, 2.05) is 13.0 Å². The highest BCUT2D eigenvalue weighted by Crippen LogP contribution is 2.44. The quantitative estimate of drug-likeness (QED) is 0.743. The van der Waals surface area contributed by atoms with Gasteiger partial charge in [0.15, 0.2) is 0 Å². The summed E-state index contributed by atoms with van der Waals surface area (Å²) in [6.07, 6.45) is 4.25. The molecule has 90 valence electrons. The third-order valence-electron chi connectivity index (χ3n) is 4.26. The minimum Gasteiger partial charge on any atom is -0.359 e. The summed E-state index contributed by atoms with van der Waals surface area (Å²) in [7, 11) is 2.05. The van der Waals surface area contributed by atoms with Gasteiger partial charge in [0.25, 0.3) is 0 Å². The molecule has 17 heavy (non-hydrogen) atoms. The van der Waals surface area contributed by atoms with Crippen molar-refractivity contribution in [2.45, 2.75) is 38.1 Å². The van der Waals surface area contributed by atoms with Gasteiger partial charge < -0.3 is 10.2 Å². The fourth-order valence-corrected chi connectivity index (χ4v) is 3.19. The molecule has 3 heteroatoms. The fourth-order valence-electron chi connectivity index (χ4n) is 3.19. The van der Waals surface area contributed by atoms with Gasteiger partial charge in [-0.1, -0.05) is 18.9 Å². The summed E-state index contributed by atoms with van der Waals surface area (Å²) in [5.41, 5.74) is 2.99. The first-order chi connectivity index (χ1) is 8.13. The third-order valence-corrected chi connectivity index (χ3v) is 4.26. The second kappa shape index (κ2) is 3.49. The minimum atomic E-state index is -0.289. The zero-order chi connectivity index (χ0) is 12.0. The van der Waals surface area contributed by atoms with Crippen LogP contribution < -0.4 is 10.2 Å². The summed E-state index contributed by atoms with van der Waals surface area (Å²) in [4.78, 5) is 14.5. The van der Waals surface area contributed by atoms with E-state index in [9.17, 15) is 4.79 Å². The normalized spacial score (nSPS) is 21.5. The lowest BCUT2D eigenvalue weighted by atomic mass is 9.90. The number of rotatable bonds is 0. The van der Waals surface area contributed by atoms with Crippen LogP contribution in [-0.4, -0.2) is 18.5 Å². The van der Waals surface area contributed by atoms with Crippen molar-refractivity contribution in [3.8, 4) is 0 Å². The second-order valence-corrected chi connectivity index (χ2v) is 5.27. The molecule has 1 N–H and O–H groups in total. The average molecular weight is 230 g/mol. The van der Waals surface area contributed by atoms with Gasteiger partial charge in [-0.3, -0.25) is 4.79 Å². The lowest BCUT2D eigenvalue weighted by Gasteiger charge is -2.43. The Bertz CT molecular complexity index is 475. The van der Waals surface area contributed by atoms with E-state index >= 15 is 0 Å². The predicted octanol–water partition coefficient (Wildman–Crippen LogP) is 2.70. The number of carbonyl (C=O) groups excluding carboxylic acids is 1. The molecule has 1 heterocycles. The van der Waals surface area contributed by atoms with E-state index < -0.39 is 0 Å². The summed E-state index contributed by atoms with van der Waals surface area (Å²) < 4.78 is 0. The van der Waals surface area contributed by atoms with Crippen LogP contribution in [0.1, 0.15) is 31.2 Å². The highest BCUT2D eigenvalue weighted by molar-refractivity contribution is 6.06. The topological polar surface area (TPSA) is 32.3 Å². The van der Waals surface area contributed by atoms with Crippen LogP contribution in [0, 0.1) is 6.92 Å². The molecule has 0 aromatic heterocycles. The second-order valence-electron chi connectivity index (χ2n) is 5.27. The molecule has 1 amide bonds. The van der Waals surface area contributed by atoms with E-state index in [0.29, 0.717) is 0 Å². The number of carbonyl (C=O) groups is 1. The maximum atomic E-state index is 12.4. The Hall–Kier alpha value is -1.51. The number of anilines is 2. The number of hydrogen-bond donors (Lipinski definition) is 1. The largest absolute Gasteiger partial charge is 0.359 e. The number of aryl methyl sites for hydroxylation is 1. The SMILES string of the molecule is Cc1ccc2c(c1)NC(=O)C1(CCCC1)N2C. The molecule has 1 aromatic rings. The van der Waals surface area contributed by atoms with Crippen LogP contribution >= 0.6 is 0 Å². The van der Waals surface area contributed by atoms with Gasteiger partial charge in [0.1, 0.15) is 5.54 Å². The molecule has 2 aliphatic rings. The Morgan fingerprint density at radius 1 is 1.29 bits per heavy atom. The average Bonchev–Trinajstić information content (AvgIpc) is 2.77. The van der Waals surface area contributed by atoms with E-state index in [2.05, 4.69) is 29.4 Å². The van der Waals surface area contributed by atoms with Crippen LogP contribution in [-0.2, 0) is 4.79 Å². The van der Waals surface area contributed by atoms with Crippen molar-refractivity contribution < 1.29 is 4.79 Å². The lowest BCUT2D eigenvalue weighted by Crippen LogP contribution is -2.56. The molecule has 3 rings (SSSR count). The molecular weight excluding hydrogens is 212 g/mol. The van der Waals surface area contributed by atoms with Gasteiger partial charge in [-0.2, -0.15) is 0 Å².